The van der Waals surface area contributed by atoms with Crippen molar-refractivity contribution in [2.24, 2.45) is 0 Å². The zero-order valence-electron chi connectivity index (χ0n) is 9.10. The Bertz CT molecular complexity index is 527. The summed E-state index contributed by atoms with van der Waals surface area (Å²) in [6.07, 6.45) is -0.446. The van der Waals surface area contributed by atoms with E-state index in [2.05, 4.69) is 4.72 Å². The van der Waals surface area contributed by atoms with E-state index in [1.54, 1.807) is 25.1 Å². The van der Waals surface area contributed by atoms with Gasteiger partial charge in [-0.3, -0.25) is 9.52 Å². The molecular formula is C10H12ClNO4S. The highest BCUT2D eigenvalue weighted by Gasteiger charge is 2.14. The molecule has 5 nitrogen and oxygen atoms in total. The minimum absolute atomic E-state index is 0.261. The third-order valence-electron chi connectivity index (χ3n) is 1.97. The van der Waals surface area contributed by atoms with Crippen molar-refractivity contribution < 1.29 is 18.3 Å². The van der Waals surface area contributed by atoms with Gasteiger partial charge in [-0.05, 0) is 24.6 Å². The fourth-order valence-electron chi connectivity index (χ4n) is 1.16. The number of aryl methyl sites for hydroxylation is 1. The molecule has 2 N–H and O–H groups in total. The second-order valence-electron chi connectivity index (χ2n) is 3.55. The summed E-state index contributed by atoms with van der Waals surface area (Å²) in [5.41, 5.74) is 1.11. The molecule has 7 heteroatoms. The summed E-state index contributed by atoms with van der Waals surface area (Å²) in [5.74, 6) is -1.64. The summed E-state index contributed by atoms with van der Waals surface area (Å²) in [4.78, 5) is 10.3. The molecule has 94 valence electrons. The molecule has 0 bridgehead atoms. The molecular weight excluding hydrogens is 266 g/mol. The molecule has 0 fully saturated rings. The van der Waals surface area contributed by atoms with E-state index in [1.165, 1.54) is 0 Å². The lowest BCUT2D eigenvalue weighted by atomic mass is 10.2. The number of carbonyl (C=O) groups is 1. The Hall–Kier alpha value is -1.27. The lowest BCUT2D eigenvalue weighted by molar-refractivity contribution is -0.136. The Morgan fingerprint density at radius 2 is 2.12 bits per heavy atom. The second-order valence-corrected chi connectivity index (χ2v) is 5.80. The minimum atomic E-state index is -3.68. The first-order valence-electron chi connectivity index (χ1n) is 4.78. The molecule has 0 aliphatic rings. The van der Waals surface area contributed by atoms with Crippen LogP contribution in [0.2, 0.25) is 5.02 Å². The maximum absolute atomic E-state index is 11.5. The average Bonchev–Trinajstić information content (AvgIpc) is 2.20. The maximum Gasteiger partial charge on any atom is 0.304 e. The van der Waals surface area contributed by atoms with Gasteiger partial charge in [-0.2, -0.15) is 0 Å². The van der Waals surface area contributed by atoms with Gasteiger partial charge in [0.15, 0.2) is 0 Å². The molecule has 0 aromatic heterocycles. The van der Waals surface area contributed by atoms with Crippen LogP contribution in [0.15, 0.2) is 18.2 Å². The Morgan fingerprint density at radius 1 is 1.47 bits per heavy atom. The Kier molecular flexibility index (Phi) is 4.36. The van der Waals surface area contributed by atoms with E-state index in [4.69, 9.17) is 16.7 Å². The van der Waals surface area contributed by atoms with Gasteiger partial charge in [-0.1, -0.05) is 17.7 Å². The van der Waals surface area contributed by atoms with E-state index in [0.717, 1.165) is 5.56 Å². The number of nitrogens with one attached hydrogen (secondary N) is 1. The van der Waals surface area contributed by atoms with Crippen LogP contribution in [-0.4, -0.2) is 25.2 Å². The Labute approximate surface area is 104 Å². The largest absolute Gasteiger partial charge is 0.481 e. The van der Waals surface area contributed by atoms with E-state index in [0.29, 0.717) is 0 Å². The van der Waals surface area contributed by atoms with Crippen molar-refractivity contribution in [2.45, 2.75) is 13.3 Å². The van der Waals surface area contributed by atoms with Crippen LogP contribution in [0.25, 0.3) is 0 Å². The summed E-state index contributed by atoms with van der Waals surface area (Å²) >= 11 is 5.82. The number of sulfonamides is 1. The first-order chi connectivity index (χ1) is 7.80. The van der Waals surface area contributed by atoms with Crippen LogP contribution >= 0.6 is 11.6 Å². The lowest BCUT2D eigenvalue weighted by Gasteiger charge is -2.09. The van der Waals surface area contributed by atoms with Gasteiger partial charge in [-0.25, -0.2) is 8.42 Å². The van der Waals surface area contributed by atoms with Gasteiger partial charge in [0.05, 0.1) is 22.9 Å². The predicted octanol–water partition coefficient (Wildman–Crippen LogP) is 1.86. The van der Waals surface area contributed by atoms with Gasteiger partial charge in [0.1, 0.15) is 0 Å². The lowest BCUT2D eigenvalue weighted by Crippen LogP contribution is -2.19. The Balaban J connectivity index is 2.83. The highest BCUT2D eigenvalue weighted by atomic mass is 35.5. The highest BCUT2D eigenvalue weighted by Crippen LogP contribution is 2.23. The van der Waals surface area contributed by atoms with Crippen molar-refractivity contribution >= 4 is 33.3 Å². The van der Waals surface area contributed by atoms with Crippen LogP contribution in [0.5, 0.6) is 0 Å². The molecule has 0 saturated heterocycles. The van der Waals surface area contributed by atoms with E-state index < -0.39 is 28.2 Å². The predicted molar refractivity (Wildman–Crippen MR) is 65.9 cm³/mol. The molecule has 0 aliphatic heterocycles. The fourth-order valence-corrected chi connectivity index (χ4v) is 2.43. The summed E-state index contributed by atoms with van der Waals surface area (Å²) in [5, 5.41) is 8.70. The number of halogens is 1. The summed E-state index contributed by atoms with van der Waals surface area (Å²) in [7, 11) is -3.68. The molecule has 0 amide bonds. The van der Waals surface area contributed by atoms with E-state index >= 15 is 0 Å². The molecule has 17 heavy (non-hydrogen) atoms. The zero-order chi connectivity index (χ0) is 13.1. The van der Waals surface area contributed by atoms with Crippen LogP contribution in [0, 0.1) is 6.92 Å². The number of rotatable bonds is 5. The molecule has 1 aromatic carbocycles. The van der Waals surface area contributed by atoms with Crippen molar-refractivity contribution in [1.29, 1.82) is 0 Å². The zero-order valence-corrected chi connectivity index (χ0v) is 10.7. The number of carboxylic acid groups (broad SMARTS) is 1. The third kappa shape index (κ3) is 4.62. The number of hydrogen-bond donors (Lipinski definition) is 2. The summed E-state index contributed by atoms with van der Waals surface area (Å²) in [6.45, 7) is 1.80. The molecule has 0 atom stereocenters. The number of carboxylic acids is 1. The number of aliphatic carboxylic acids is 1. The van der Waals surface area contributed by atoms with Crippen LogP contribution in [0.3, 0.4) is 0 Å². The monoisotopic (exact) mass is 277 g/mol. The highest BCUT2D eigenvalue weighted by molar-refractivity contribution is 7.92. The maximum atomic E-state index is 11.5. The van der Waals surface area contributed by atoms with Gasteiger partial charge < -0.3 is 5.11 Å². The van der Waals surface area contributed by atoms with Crippen molar-refractivity contribution in [3.05, 3.63) is 28.8 Å². The van der Waals surface area contributed by atoms with Gasteiger partial charge >= 0.3 is 5.97 Å². The van der Waals surface area contributed by atoms with Gasteiger partial charge in [0.25, 0.3) is 0 Å². The van der Waals surface area contributed by atoms with Gasteiger partial charge in [0.2, 0.25) is 10.0 Å². The molecule has 0 radical (unpaired) electrons. The first kappa shape index (κ1) is 13.8. The number of benzene rings is 1. The topological polar surface area (TPSA) is 83.5 Å². The van der Waals surface area contributed by atoms with Crippen molar-refractivity contribution in [3.63, 3.8) is 0 Å². The molecule has 0 heterocycles. The van der Waals surface area contributed by atoms with E-state index in [-0.39, 0.29) is 10.7 Å². The molecule has 1 rings (SSSR count). The average molecular weight is 278 g/mol. The molecule has 0 aliphatic carbocycles. The van der Waals surface area contributed by atoms with Gasteiger partial charge in [0, 0.05) is 0 Å². The molecule has 0 saturated carbocycles. The molecule has 0 unspecified atom stereocenters. The van der Waals surface area contributed by atoms with E-state index in [1.807, 2.05) is 0 Å². The van der Waals surface area contributed by atoms with Gasteiger partial charge in [-0.15, -0.1) is 0 Å². The second kappa shape index (κ2) is 5.37. The standard InChI is InChI=1S/C10H12ClNO4S/c1-7-2-3-8(11)9(6-7)12-17(15,16)5-4-10(13)14/h2-3,6,12H,4-5H2,1H3,(H,13,14). The van der Waals surface area contributed by atoms with Crippen LogP contribution < -0.4 is 4.72 Å². The summed E-state index contributed by atoms with van der Waals surface area (Å²) < 4.78 is 25.3. The SMILES string of the molecule is Cc1ccc(Cl)c(NS(=O)(=O)CCC(=O)O)c1. The smallest absolute Gasteiger partial charge is 0.304 e. The van der Waals surface area contributed by atoms with E-state index in [9.17, 15) is 13.2 Å². The minimum Gasteiger partial charge on any atom is -0.481 e. The molecule has 0 spiro atoms. The number of hydrogen-bond acceptors (Lipinski definition) is 3. The van der Waals surface area contributed by atoms with Crippen LogP contribution in [0.1, 0.15) is 12.0 Å². The van der Waals surface area contributed by atoms with Crippen molar-refractivity contribution in [3.8, 4) is 0 Å². The fraction of sp³-hybridized carbons (Fsp3) is 0.300. The van der Waals surface area contributed by atoms with Crippen LogP contribution in [0.4, 0.5) is 5.69 Å². The van der Waals surface area contributed by atoms with Crippen LogP contribution in [-0.2, 0) is 14.8 Å². The normalized spacial score (nSPS) is 11.2. The van der Waals surface area contributed by atoms with Crippen molar-refractivity contribution in [2.75, 3.05) is 10.5 Å². The quantitative estimate of drug-likeness (QED) is 0.860. The number of anilines is 1. The Morgan fingerprint density at radius 3 is 2.71 bits per heavy atom. The first-order valence-corrected chi connectivity index (χ1v) is 6.81. The van der Waals surface area contributed by atoms with Crippen molar-refractivity contribution in [1.82, 2.24) is 0 Å². The molecule has 1 aromatic rings. The summed E-state index contributed by atoms with van der Waals surface area (Å²) in [6, 6.07) is 4.91. The third-order valence-corrected chi connectivity index (χ3v) is 3.57.